The first-order valence-corrected chi connectivity index (χ1v) is 7.73. The van der Waals surface area contributed by atoms with Crippen LogP contribution in [0.3, 0.4) is 0 Å². The van der Waals surface area contributed by atoms with Crippen molar-refractivity contribution in [2.75, 3.05) is 31.6 Å². The molecular weight excluding hydrogens is 306 g/mol. The largest absolute Gasteiger partial charge is 0.373 e. The third-order valence-electron chi connectivity index (χ3n) is 4.00. The van der Waals surface area contributed by atoms with E-state index < -0.39 is 0 Å². The van der Waals surface area contributed by atoms with E-state index in [1.807, 2.05) is 6.20 Å². The molecule has 104 valence electrons. The van der Waals surface area contributed by atoms with Gasteiger partial charge in [-0.3, -0.25) is 4.90 Å². The molecule has 0 aromatic carbocycles. The van der Waals surface area contributed by atoms with Crippen molar-refractivity contribution in [1.29, 1.82) is 0 Å². The molecule has 4 nitrogen and oxygen atoms in total. The number of hydrogen-bond acceptors (Lipinski definition) is 4. The third kappa shape index (κ3) is 3.09. The molecule has 2 aliphatic rings. The van der Waals surface area contributed by atoms with Gasteiger partial charge in [0, 0.05) is 29.8 Å². The molecule has 0 bridgehead atoms. The van der Waals surface area contributed by atoms with Crippen molar-refractivity contribution in [2.24, 2.45) is 0 Å². The number of ether oxygens (including phenoxy) is 1. The summed E-state index contributed by atoms with van der Waals surface area (Å²) in [5.41, 5.74) is 1.16. The van der Waals surface area contributed by atoms with Gasteiger partial charge < -0.3 is 10.1 Å². The van der Waals surface area contributed by atoms with Gasteiger partial charge in [0.1, 0.15) is 5.82 Å². The Morgan fingerprint density at radius 1 is 1.58 bits per heavy atom. The number of pyridine rings is 1. The normalized spacial score (nSPS) is 27.3. The molecule has 2 unspecified atom stereocenters. The van der Waals surface area contributed by atoms with Crippen molar-refractivity contribution >= 4 is 21.7 Å². The Balaban J connectivity index is 1.54. The van der Waals surface area contributed by atoms with E-state index in [2.05, 4.69) is 44.1 Å². The highest BCUT2D eigenvalue weighted by atomic mass is 79.9. The van der Waals surface area contributed by atoms with E-state index in [-0.39, 0.29) is 6.10 Å². The lowest BCUT2D eigenvalue weighted by molar-refractivity contribution is -0.0416. The zero-order valence-corrected chi connectivity index (χ0v) is 12.8. The van der Waals surface area contributed by atoms with Crippen LogP contribution < -0.4 is 5.32 Å². The SMILES string of the molecule is Cc1cc(Br)cnc1NCC1CN2CCCC2CO1. The average Bonchev–Trinajstić information content (AvgIpc) is 2.85. The Morgan fingerprint density at radius 3 is 3.32 bits per heavy atom. The predicted octanol–water partition coefficient (Wildman–Crippen LogP) is 2.43. The molecule has 3 heterocycles. The van der Waals surface area contributed by atoms with E-state index in [1.165, 1.54) is 19.4 Å². The van der Waals surface area contributed by atoms with Crippen molar-refractivity contribution in [2.45, 2.75) is 31.9 Å². The number of fused-ring (bicyclic) bond motifs is 1. The van der Waals surface area contributed by atoms with Crippen LogP contribution in [0.25, 0.3) is 0 Å². The van der Waals surface area contributed by atoms with Gasteiger partial charge in [0.25, 0.3) is 0 Å². The second-order valence-corrected chi connectivity index (χ2v) is 6.36. The first kappa shape index (κ1) is 13.3. The van der Waals surface area contributed by atoms with Gasteiger partial charge in [0.2, 0.25) is 0 Å². The van der Waals surface area contributed by atoms with Crippen LogP contribution in [-0.2, 0) is 4.74 Å². The molecule has 1 aromatic heterocycles. The summed E-state index contributed by atoms with van der Waals surface area (Å²) >= 11 is 3.43. The van der Waals surface area contributed by atoms with Gasteiger partial charge in [-0.2, -0.15) is 0 Å². The van der Waals surface area contributed by atoms with Crippen molar-refractivity contribution in [3.63, 3.8) is 0 Å². The summed E-state index contributed by atoms with van der Waals surface area (Å²) in [4.78, 5) is 6.97. The Morgan fingerprint density at radius 2 is 2.47 bits per heavy atom. The van der Waals surface area contributed by atoms with Gasteiger partial charge in [-0.15, -0.1) is 0 Å². The highest BCUT2D eigenvalue weighted by Crippen LogP contribution is 2.23. The van der Waals surface area contributed by atoms with Crippen LogP contribution in [0, 0.1) is 6.92 Å². The number of halogens is 1. The highest BCUT2D eigenvalue weighted by molar-refractivity contribution is 9.10. The Kier molecular flexibility index (Phi) is 4.05. The minimum absolute atomic E-state index is 0.277. The van der Waals surface area contributed by atoms with E-state index >= 15 is 0 Å². The molecule has 2 aliphatic heterocycles. The van der Waals surface area contributed by atoms with Crippen LogP contribution in [0.4, 0.5) is 5.82 Å². The number of aromatic nitrogens is 1. The highest BCUT2D eigenvalue weighted by Gasteiger charge is 2.31. The number of rotatable bonds is 3. The fourth-order valence-corrected chi connectivity index (χ4v) is 3.39. The zero-order chi connectivity index (χ0) is 13.2. The summed E-state index contributed by atoms with van der Waals surface area (Å²) in [7, 11) is 0. The molecule has 2 fully saturated rings. The third-order valence-corrected chi connectivity index (χ3v) is 4.44. The smallest absolute Gasteiger partial charge is 0.129 e. The molecule has 1 aromatic rings. The van der Waals surface area contributed by atoms with E-state index in [0.717, 1.165) is 35.6 Å². The van der Waals surface area contributed by atoms with Crippen LogP contribution in [0.5, 0.6) is 0 Å². The van der Waals surface area contributed by atoms with Crippen molar-refractivity contribution in [3.05, 3.63) is 22.3 Å². The van der Waals surface area contributed by atoms with Gasteiger partial charge in [-0.25, -0.2) is 4.98 Å². The molecule has 2 atom stereocenters. The van der Waals surface area contributed by atoms with Crippen LogP contribution in [0.1, 0.15) is 18.4 Å². The average molecular weight is 326 g/mol. The molecule has 19 heavy (non-hydrogen) atoms. The first-order chi connectivity index (χ1) is 9.22. The molecule has 3 rings (SSSR count). The van der Waals surface area contributed by atoms with Gasteiger partial charge in [-0.1, -0.05) is 0 Å². The lowest BCUT2D eigenvalue weighted by atomic mass is 10.2. The molecule has 0 saturated carbocycles. The minimum Gasteiger partial charge on any atom is -0.373 e. The fourth-order valence-electron chi connectivity index (χ4n) is 2.95. The van der Waals surface area contributed by atoms with E-state index in [1.54, 1.807) is 0 Å². The lowest BCUT2D eigenvalue weighted by Crippen LogP contribution is -2.48. The number of aryl methyl sites for hydroxylation is 1. The predicted molar refractivity (Wildman–Crippen MR) is 79.5 cm³/mol. The second-order valence-electron chi connectivity index (χ2n) is 5.45. The molecule has 0 amide bonds. The summed E-state index contributed by atoms with van der Waals surface area (Å²) in [6.45, 7) is 6.07. The van der Waals surface area contributed by atoms with Crippen LogP contribution in [0.15, 0.2) is 16.7 Å². The van der Waals surface area contributed by atoms with Gasteiger partial charge >= 0.3 is 0 Å². The monoisotopic (exact) mass is 325 g/mol. The molecule has 0 radical (unpaired) electrons. The molecule has 2 saturated heterocycles. The molecule has 0 spiro atoms. The van der Waals surface area contributed by atoms with Crippen LogP contribution in [-0.4, -0.2) is 48.3 Å². The number of morpholine rings is 1. The molecule has 1 N–H and O–H groups in total. The van der Waals surface area contributed by atoms with Gasteiger partial charge in [0.05, 0.1) is 12.7 Å². The fraction of sp³-hybridized carbons (Fsp3) is 0.643. The maximum atomic E-state index is 5.94. The van der Waals surface area contributed by atoms with Crippen LogP contribution in [0.2, 0.25) is 0 Å². The summed E-state index contributed by atoms with van der Waals surface area (Å²) in [6.07, 6.45) is 4.72. The minimum atomic E-state index is 0.277. The van der Waals surface area contributed by atoms with Crippen molar-refractivity contribution in [3.8, 4) is 0 Å². The number of hydrogen-bond donors (Lipinski definition) is 1. The number of nitrogens with zero attached hydrogens (tertiary/aromatic N) is 2. The standard InChI is InChI=1S/C14H20BrN3O/c1-10-5-11(15)6-16-14(10)17-7-13-8-18-4-2-3-12(18)9-19-13/h5-6,12-13H,2-4,7-9H2,1H3,(H,16,17). The summed E-state index contributed by atoms with van der Waals surface area (Å²) in [5, 5.41) is 3.41. The molecule has 5 heteroatoms. The van der Waals surface area contributed by atoms with Gasteiger partial charge in [-0.05, 0) is 53.9 Å². The Labute approximate surface area is 122 Å². The van der Waals surface area contributed by atoms with E-state index in [4.69, 9.17) is 4.74 Å². The number of nitrogens with one attached hydrogen (secondary N) is 1. The molecular formula is C14H20BrN3O. The quantitative estimate of drug-likeness (QED) is 0.926. The van der Waals surface area contributed by atoms with E-state index in [0.29, 0.717) is 6.04 Å². The van der Waals surface area contributed by atoms with Crippen molar-refractivity contribution in [1.82, 2.24) is 9.88 Å². The Hall–Kier alpha value is -0.650. The maximum Gasteiger partial charge on any atom is 0.129 e. The summed E-state index contributed by atoms with van der Waals surface area (Å²) in [5.74, 6) is 0.954. The Bertz CT molecular complexity index is 454. The lowest BCUT2D eigenvalue weighted by Gasteiger charge is -2.35. The topological polar surface area (TPSA) is 37.4 Å². The maximum absolute atomic E-state index is 5.94. The summed E-state index contributed by atoms with van der Waals surface area (Å²) in [6, 6.07) is 2.75. The zero-order valence-electron chi connectivity index (χ0n) is 11.2. The van der Waals surface area contributed by atoms with Crippen molar-refractivity contribution < 1.29 is 4.74 Å². The second kappa shape index (κ2) is 5.77. The van der Waals surface area contributed by atoms with Gasteiger partial charge in [0.15, 0.2) is 0 Å². The number of anilines is 1. The molecule has 0 aliphatic carbocycles. The summed E-state index contributed by atoms with van der Waals surface area (Å²) < 4.78 is 6.95. The van der Waals surface area contributed by atoms with Crippen LogP contribution >= 0.6 is 15.9 Å². The van der Waals surface area contributed by atoms with E-state index in [9.17, 15) is 0 Å². The first-order valence-electron chi connectivity index (χ1n) is 6.94.